The van der Waals surface area contributed by atoms with Crippen LogP contribution in [-0.4, -0.2) is 36.5 Å². The summed E-state index contributed by atoms with van der Waals surface area (Å²) in [6.07, 6.45) is 0. The van der Waals surface area contributed by atoms with Gasteiger partial charge in [-0.2, -0.15) is 0 Å². The molecule has 0 bridgehead atoms. The van der Waals surface area contributed by atoms with Crippen molar-refractivity contribution in [2.24, 2.45) is 0 Å². The van der Waals surface area contributed by atoms with E-state index in [1.165, 1.54) is 23.1 Å². The van der Waals surface area contributed by atoms with Crippen LogP contribution < -0.4 is 9.47 Å². The fourth-order valence-electron chi connectivity index (χ4n) is 2.87. The predicted molar refractivity (Wildman–Crippen MR) is 111 cm³/mol. The Balaban J connectivity index is 1.65. The maximum absolute atomic E-state index is 12.4. The van der Waals surface area contributed by atoms with E-state index in [1.54, 1.807) is 14.2 Å². The Hall–Kier alpha value is -3.32. The molecular weight excluding hydrogens is 396 g/mol. The molecule has 0 N–H and O–H groups in total. The number of halogens is 1. The van der Waals surface area contributed by atoms with Crippen LogP contribution in [0.5, 0.6) is 11.5 Å². The van der Waals surface area contributed by atoms with Gasteiger partial charge < -0.3 is 14.4 Å². The Labute approximate surface area is 172 Å². The number of nitro benzene ring substituents is 1. The maximum atomic E-state index is 12.4. The van der Waals surface area contributed by atoms with Crippen LogP contribution in [0.1, 0.15) is 5.56 Å². The summed E-state index contributed by atoms with van der Waals surface area (Å²) in [6.45, 7) is 0.0661. The summed E-state index contributed by atoms with van der Waals surface area (Å²) in [5, 5.41) is 13.4. The first-order chi connectivity index (χ1) is 13.9. The first-order valence-corrected chi connectivity index (χ1v) is 9.12. The van der Waals surface area contributed by atoms with Gasteiger partial charge in [-0.25, -0.2) is 0 Å². The van der Waals surface area contributed by atoms with Crippen LogP contribution in [0.15, 0.2) is 54.6 Å². The lowest BCUT2D eigenvalue weighted by Gasteiger charge is -2.18. The van der Waals surface area contributed by atoms with Crippen molar-refractivity contribution in [2.75, 3.05) is 20.8 Å². The number of likely N-dealkylation sites (N-methyl/N-ethyl adjacent to an activating group) is 1. The van der Waals surface area contributed by atoms with Crippen molar-refractivity contribution >= 4 is 34.0 Å². The summed E-state index contributed by atoms with van der Waals surface area (Å²) in [6, 6.07) is 15.7. The van der Waals surface area contributed by atoms with E-state index in [9.17, 15) is 14.9 Å². The fourth-order valence-corrected chi connectivity index (χ4v) is 3.03. The average molecular weight is 415 g/mol. The second-order valence-electron chi connectivity index (χ2n) is 6.46. The standard InChI is InChI=1S/C21H19ClN2O5/c1-23(12-14-3-4-16-10-18(28-2)7-5-15(16)9-14)21(25)13-29-20-8-6-17(22)11-19(20)24(26)27/h3-11H,12-13H2,1-2H3. The van der Waals surface area contributed by atoms with Crippen LogP contribution in [0.3, 0.4) is 0 Å². The largest absolute Gasteiger partial charge is 0.497 e. The van der Waals surface area contributed by atoms with Crippen LogP contribution in [-0.2, 0) is 11.3 Å². The van der Waals surface area contributed by atoms with Crippen LogP contribution in [0.25, 0.3) is 10.8 Å². The lowest BCUT2D eigenvalue weighted by atomic mass is 10.1. The van der Waals surface area contributed by atoms with Crippen molar-refractivity contribution < 1.29 is 19.2 Å². The minimum Gasteiger partial charge on any atom is -0.497 e. The Kier molecular flexibility index (Phi) is 6.19. The van der Waals surface area contributed by atoms with E-state index in [4.69, 9.17) is 21.1 Å². The van der Waals surface area contributed by atoms with E-state index in [2.05, 4.69) is 0 Å². The normalized spacial score (nSPS) is 10.6. The van der Waals surface area contributed by atoms with Crippen LogP contribution >= 0.6 is 11.6 Å². The smallest absolute Gasteiger partial charge is 0.312 e. The molecule has 0 aliphatic heterocycles. The number of hydrogen-bond donors (Lipinski definition) is 0. The lowest BCUT2D eigenvalue weighted by Crippen LogP contribution is -2.31. The fraction of sp³-hybridized carbons (Fsp3) is 0.190. The Bertz CT molecular complexity index is 1070. The van der Waals surface area contributed by atoms with Gasteiger partial charge in [0, 0.05) is 24.7 Å². The number of benzene rings is 3. The molecular formula is C21H19ClN2O5. The molecule has 0 fully saturated rings. The van der Waals surface area contributed by atoms with Crippen molar-refractivity contribution in [1.29, 1.82) is 0 Å². The summed E-state index contributed by atoms with van der Waals surface area (Å²) in [5.41, 5.74) is 0.675. The molecule has 0 atom stereocenters. The number of nitro groups is 1. The molecule has 1 amide bonds. The van der Waals surface area contributed by atoms with Crippen LogP contribution in [0, 0.1) is 10.1 Å². The number of rotatable bonds is 7. The molecule has 150 valence electrons. The molecule has 0 heterocycles. The number of methoxy groups -OCH3 is 1. The zero-order valence-corrected chi connectivity index (χ0v) is 16.7. The number of ether oxygens (including phenoxy) is 2. The van der Waals surface area contributed by atoms with E-state index in [1.807, 2.05) is 36.4 Å². The van der Waals surface area contributed by atoms with Gasteiger partial charge >= 0.3 is 5.69 Å². The number of fused-ring (bicyclic) bond motifs is 1. The van der Waals surface area contributed by atoms with Gasteiger partial charge in [0.05, 0.1) is 12.0 Å². The van der Waals surface area contributed by atoms with Gasteiger partial charge in [0.15, 0.2) is 12.4 Å². The minimum atomic E-state index is -0.598. The SMILES string of the molecule is COc1ccc2cc(CN(C)C(=O)COc3ccc(Cl)cc3[N+](=O)[O-])ccc2c1. The number of hydrogen-bond acceptors (Lipinski definition) is 5. The van der Waals surface area contributed by atoms with Gasteiger partial charge in [-0.05, 0) is 46.7 Å². The second-order valence-corrected chi connectivity index (χ2v) is 6.89. The molecule has 0 spiro atoms. The topological polar surface area (TPSA) is 81.9 Å². The van der Waals surface area contributed by atoms with Crippen molar-refractivity contribution in [3.05, 3.63) is 75.3 Å². The van der Waals surface area contributed by atoms with Gasteiger partial charge in [-0.1, -0.05) is 29.8 Å². The van der Waals surface area contributed by atoms with E-state index in [0.717, 1.165) is 22.1 Å². The van der Waals surface area contributed by atoms with E-state index in [-0.39, 0.29) is 29.0 Å². The van der Waals surface area contributed by atoms with Crippen molar-refractivity contribution in [3.63, 3.8) is 0 Å². The zero-order chi connectivity index (χ0) is 21.0. The van der Waals surface area contributed by atoms with Crippen molar-refractivity contribution in [1.82, 2.24) is 4.90 Å². The van der Waals surface area contributed by atoms with Gasteiger partial charge in [0.1, 0.15) is 5.75 Å². The highest BCUT2D eigenvalue weighted by Gasteiger charge is 2.18. The zero-order valence-electron chi connectivity index (χ0n) is 15.9. The van der Waals surface area contributed by atoms with Crippen molar-refractivity contribution in [3.8, 4) is 11.5 Å². The molecule has 0 aliphatic carbocycles. The molecule has 29 heavy (non-hydrogen) atoms. The Morgan fingerprint density at radius 3 is 2.55 bits per heavy atom. The van der Waals surface area contributed by atoms with Gasteiger partial charge in [-0.3, -0.25) is 14.9 Å². The molecule has 0 saturated heterocycles. The van der Waals surface area contributed by atoms with Gasteiger partial charge in [0.25, 0.3) is 5.91 Å². The van der Waals surface area contributed by atoms with Crippen LogP contribution in [0.2, 0.25) is 5.02 Å². The maximum Gasteiger partial charge on any atom is 0.312 e. The molecule has 0 aromatic heterocycles. The molecule has 0 unspecified atom stereocenters. The molecule has 0 saturated carbocycles. The summed E-state index contributed by atoms with van der Waals surface area (Å²) in [7, 11) is 3.27. The predicted octanol–water partition coefficient (Wildman–Crippen LogP) is 4.45. The highest BCUT2D eigenvalue weighted by molar-refractivity contribution is 6.30. The third-order valence-corrected chi connectivity index (χ3v) is 4.66. The number of carbonyl (C=O) groups is 1. The second kappa shape index (κ2) is 8.79. The van der Waals surface area contributed by atoms with Crippen LogP contribution in [0.4, 0.5) is 5.69 Å². The number of amides is 1. The Morgan fingerprint density at radius 1 is 1.10 bits per heavy atom. The molecule has 0 radical (unpaired) electrons. The summed E-state index contributed by atoms with van der Waals surface area (Å²) < 4.78 is 10.6. The molecule has 3 aromatic carbocycles. The van der Waals surface area contributed by atoms with E-state index in [0.29, 0.717) is 6.54 Å². The monoisotopic (exact) mass is 414 g/mol. The minimum absolute atomic E-state index is 0.000743. The quantitative estimate of drug-likeness (QED) is 0.421. The summed E-state index contributed by atoms with van der Waals surface area (Å²) >= 11 is 5.78. The highest BCUT2D eigenvalue weighted by Crippen LogP contribution is 2.30. The Morgan fingerprint density at radius 2 is 1.83 bits per heavy atom. The average Bonchev–Trinajstić information content (AvgIpc) is 2.71. The third kappa shape index (κ3) is 4.94. The molecule has 3 aromatic rings. The van der Waals surface area contributed by atoms with Crippen molar-refractivity contribution in [2.45, 2.75) is 6.54 Å². The van der Waals surface area contributed by atoms with Gasteiger partial charge in [0.2, 0.25) is 0 Å². The first kappa shape index (κ1) is 20.4. The summed E-state index contributed by atoms with van der Waals surface area (Å²) in [5.74, 6) is 0.482. The number of carbonyl (C=O) groups excluding carboxylic acids is 1. The van der Waals surface area contributed by atoms with E-state index >= 15 is 0 Å². The first-order valence-electron chi connectivity index (χ1n) is 8.75. The molecule has 0 aliphatic rings. The molecule has 3 rings (SSSR count). The van der Waals surface area contributed by atoms with E-state index < -0.39 is 4.92 Å². The number of nitrogens with zero attached hydrogens (tertiary/aromatic N) is 2. The van der Waals surface area contributed by atoms with Gasteiger partial charge in [-0.15, -0.1) is 0 Å². The third-order valence-electron chi connectivity index (χ3n) is 4.43. The summed E-state index contributed by atoms with van der Waals surface area (Å²) in [4.78, 5) is 24.4. The lowest BCUT2D eigenvalue weighted by molar-refractivity contribution is -0.385. The highest BCUT2D eigenvalue weighted by atomic mass is 35.5. The molecule has 7 nitrogen and oxygen atoms in total. The molecule has 8 heteroatoms.